The van der Waals surface area contributed by atoms with Crippen molar-refractivity contribution in [3.63, 3.8) is 0 Å². The van der Waals surface area contributed by atoms with Crippen LogP contribution in [0.1, 0.15) is 44.1 Å². The average Bonchev–Trinajstić information content (AvgIpc) is 3.15. The van der Waals surface area contributed by atoms with Gasteiger partial charge in [0.2, 0.25) is 5.91 Å². The van der Waals surface area contributed by atoms with E-state index in [-0.39, 0.29) is 11.8 Å². The highest BCUT2D eigenvalue weighted by atomic mass is 16.1. The lowest BCUT2D eigenvalue weighted by Crippen LogP contribution is -2.24. The third-order valence-corrected chi connectivity index (χ3v) is 4.70. The van der Waals surface area contributed by atoms with E-state index >= 15 is 0 Å². The SMILES string of the molecule is CCC[C@@H](C(=O)Nc1ccccc1N1CCCC1)c1ccccc1. The molecule has 126 valence electrons. The van der Waals surface area contributed by atoms with Gasteiger partial charge in [0.1, 0.15) is 0 Å². The van der Waals surface area contributed by atoms with E-state index in [0.717, 1.165) is 42.9 Å². The molecule has 2 aromatic carbocycles. The maximum atomic E-state index is 12.9. The number of hydrogen-bond acceptors (Lipinski definition) is 2. The molecule has 0 spiro atoms. The predicted molar refractivity (Wildman–Crippen MR) is 101 cm³/mol. The van der Waals surface area contributed by atoms with Crippen molar-refractivity contribution in [3.8, 4) is 0 Å². The second-order valence-corrected chi connectivity index (χ2v) is 6.45. The quantitative estimate of drug-likeness (QED) is 0.828. The van der Waals surface area contributed by atoms with Crippen molar-refractivity contribution in [2.24, 2.45) is 0 Å². The molecule has 24 heavy (non-hydrogen) atoms. The summed E-state index contributed by atoms with van der Waals surface area (Å²) in [5.74, 6) is -0.00229. The molecule has 0 saturated carbocycles. The molecule has 0 aromatic heterocycles. The molecule has 1 amide bonds. The lowest BCUT2D eigenvalue weighted by atomic mass is 9.93. The minimum Gasteiger partial charge on any atom is -0.370 e. The highest BCUT2D eigenvalue weighted by Crippen LogP contribution is 2.30. The van der Waals surface area contributed by atoms with Gasteiger partial charge in [-0.2, -0.15) is 0 Å². The van der Waals surface area contributed by atoms with Crippen LogP contribution in [0.5, 0.6) is 0 Å². The Morgan fingerprint density at radius 2 is 1.71 bits per heavy atom. The molecule has 0 bridgehead atoms. The second-order valence-electron chi connectivity index (χ2n) is 6.45. The fraction of sp³-hybridized carbons (Fsp3) is 0.381. The van der Waals surface area contributed by atoms with Crippen LogP contribution in [-0.4, -0.2) is 19.0 Å². The first-order chi connectivity index (χ1) is 11.8. The molecular formula is C21H26N2O. The molecule has 1 aliphatic rings. The van der Waals surface area contributed by atoms with Crippen LogP contribution >= 0.6 is 0 Å². The Balaban J connectivity index is 1.80. The summed E-state index contributed by atoms with van der Waals surface area (Å²) < 4.78 is 0. The Labute approximate surface area is 144 Å². The number of anilines is 2. The molecule has 2 aromatic rings. The molecule has 0 radical (unpaired) electrons. The molecule has 3 rings (SSSR count). The summed E-state index contributed by atoms with van der Waals surface area (Å²) in [6.07, 6.45) is 4.30. The molecule has 1 fully saturated rings. The highest BCUT2D eigenvalue weighted by molar-refractivity contribution is 5.98. The summed E-state index contributed by atoms with van der Waals surface area (Å²) in [6, 6.07) is 18.3. The van der Waals surface area contributed by atoms with E-state index in [1.165, 1.54) is 12.8 Å². The Hall–Kier alpha value is -2.29. The molecule has 0 aliphatic carbocycles. The lowest BCUT2D eigenvalue weighted by molar-refractivity contribution is -0.117. The van der Waals surface area contributed by atoms with Gasteiger partial charge in [0, 0.05) is 13.1 Å². The topological polar surface area (TPSA) is 32.3 Å². The standard InChI is InChI=1S/C21H26N2O/c1-2-10-18(17-11-4-3-5-12-17)21(24)22-19-13-6-7-14-20(19)23-15-8-9-16-23/h3-7,11-14,18H,2,8-10,15-16H2,1H3,(H,22,24)/t18-/m1/s1. The normalized spacial score (nSPS) is 15.3. The van der Waals surface area contributed by atoms with Crippen LogP contribution < -0.4 is 10.2 Å². The van der Waals surface area contributed by atoms with Gasteiger partial charge < -0.3 is 10.2 Å². The van der Waals surface area contributed by atoms with Crippen molar-refractivity contribution in [1.29, 1.82) is 0 Å². The summed E-state index contributed by atoms with van der Waals surface area (Å²) in [7, 11) is 0. The van der Waals surface area contributed by atoms with Gasteiger partial charge in [-0.15, -0.1) is 0 Å². The van der Waals surface area contributed by atoms with E-state index in [0.29, 0.717) is 0 Å². The number of carbonyl (C=O) groups excluding carboxylic acids is 1. The molecular weight excluding hydrogens is 296 g/mol. The number of carbonyl (C=O) groups is 1. The third kappa shape index (κ3) is 3.78. The molecule has 3 nitrogen and oxygen atoms in total. The average molecular weight is 322 g/mol. The Morgan fingerprint density at radius 3 is 2.42 bits per heavy atom. The van der Waals surface area contributed by atoms with Gasteiger partial charge in [0.15, 0.2) is 0 Å². The van der Waals surface area contributed by atoms with Crippen molar-refractivity contribution in [2.75, 3.05) is 23.3 Å². The van der Waals surface area contributed by atoms with Gasteiger partial charge in [0.05, 0.1) is 17.3 Å². The van der Waals surface area contributed by atoms with Crippen LogP contribution in [0.4, 0.5) is 11.4 Å². The Morgan fingerprint density at radius 1 is 1.04 bits per heavy atom. The van der Waals surface area contributed by atoms with Gasteiger partial charge in [-0.3, -0.25) is 4.79 Å². The van der Waals surface area contributed by atoms with Crippen molar-refractivity contribution in [2.45, 2.75) is 38.5 Å². The largest absolute Gasteiger partial charge is 0.370 e. The maximum Gasteiger partial charge on any atom is 0.231 e. The van der Waals surface area contributed by atoms with Crippen molar-refractivity contribution in [1.82, 2.24) is 0 Å². The first-order valence-electron chi connectivity index (χ1n) is 8.99. The second kappa shape index (κ2) is 8.00. The monoisotopic (exact) mass is 322 g/mol. The van der Waals surface area contributed by atoms with E-state index in [4.69, 9.17) is 0 Å². The van der Waals surface area contributed by atoms with Crippen LogP contribution in [0.3, 0.4) is 0 Å². The zero-order chi connectivity index (χ0) is 16.8. The number of benzene rings is 2. The van der Waals surface area contributed by atoms with Crippen LogP contribution in [0.2, 0.25) is 0 Å². The number of rotatable bonds is 6. The summed E-state index contributed by atoms with van der Waals surface area (Å²) in [5.41, 5.74) is 3.17. The van der Waals surface area contributed by atoms with E-state index in [9.17, 15) is 4.79 Å². The molecule has 1 aliphatic heterocycles. The molecule has 1 N–H and O–H groups in total. The van der Waals surface area contributed by atoms with E-state index in [1.807, 2.05) is 48.5 Å². The summed E-state index contributed by atoms with van der Waals surface area (Å²) in [6.45, 7) is 4.27. The first-order valence-corrected chi connectivity index (χ1v) is 8.99. The zero-order valence-electron chi connectivity index (χ0n) is 14.4. The fourth-order valence-electron chi connectivity index (χ4n) is 3.46. The summed E-state index contributed by atoms with van der Waals surface area (Å²) in [5, 5.41) is 3.19. The van der Waals surface area contributed by atoms with Crippen molar-refractivity contribution < 1.29 is 4.79 Å². The number of para-hydroxylation sites is 2. The van der Waals surface area contributed by atoms with Crippen LogP contribution in [0.15, 0.2) is 54.6 Å². The first kappa shape index (κ1) is 16.6. The number of nitrogens with one attached hydrogen (secondary N) is 1. The van der Waals surface area contributed by atoms with Gasteiger partial charge in [-0.05, 0) is 37.0 Å². The van der Waals surface area contributed by atoms with Crippen molar-refractivity contribution in [3.05, 3.63) is 60.2 Å². The predicted octanol–water partition coefficient (Wildman–Crippen LogP) is 4.81. The van der Waals surface area contributed by atoms with Gasteiger partial charge in [-0.25, -0.2) is 0 Å². The zero-order valence-corrected chi connectivity index (χ0v) is 14.4. The lowest BCUT2D eigenvalue weighted by Gasteiger charge is -2.23. The minimum atomic E-state index is -0.0946. The van der Waals surface area contributed by atoms with Crippen LogP contribution in [0, 0.1) is 0 Å². The highest BCUT2D eigenvalue weighted by Gasteiger charge is 2.22. The maximum absolute atomic E-state index is 12.9. The number of hydrogen-bond donors (Lipinski definition) is 1. The Bertz CT molecular complexity index is 663. The third-order valence-electron chi connectivity index (χ3n) is 4.70. The van der Waals surface area contributed by atoms with Gasteiger partial charge in [0.25, 0.3) is 0 Å². The summed E-state index contributed by atoms with van der Waals surface area (Å²) >= 11 is 0. The number of nitrogens with zero attached hydrogens (tertiary/aromatic N) is 1. The van der Waals surface area contributed by atoms with Crippen LogP contribution in [0.25, 0.3) is 0 Å². The molecule has 3 heteroatoms. The molecule has 1 heterocycles. The van der Waals surface area contributed by atoms with E-state index in [1.54, 1.807) is 0 Å². The van der Waals surface area contributed by atoms with E-state index < -0.39 is 0 Å². The fourth-order valence-corrected chi connectivity index (χ4v) is 3.46. The Kier molecular flexibility index (Phi) is 5.52. The molecule has 1 saturated heterocycles. The van der Waals surface area contributed by atoms with Gasteiger partial charge >= 0.3 is 0 Å². The van der Waals surface area contributed by atoms with Crippen molar-refractivity contribution >= 4 is 17.3 Å². The van der Waals surface area contributed by atoms with E-state index in [2.05, 4.69) is 23.2 Å². The number of amides is 1. The minimum absolute atomic E-state index is 0.0923. The molecule has 1 atom stereocenters. The smallest absolute Gasteiger partial charge is 0.231 e. The molecule has 0 unspecified atom stereocenters. The van der Waals surface area contributed by atoms with Gasteiger partial charge in [-0.1, -0.05) is 55.8 Å². The summed E-state index contributed by atoms with van der Waals surface area (Å²) in [4.78, 5) is 15.3. The van der Waals surface area contributed by atoms with Crippen LogP contribution in [-0.2, 0) is 4.79 Å².